The van der Waals surface area contributed by atoms with Crippen molar-refractivity contribution in [3.63, 3.8) is 0 Å². The quantitative estimate of drug-likeness (QED) is 0.824. The fourth-order valence-electron chi connectivity index (χ4n) is 3.00. The SMILES string of the molecule is Cc1cc2c(NC3CCCN(C)C3)ccc(N)c2cn1. The largest absolute Gasteiger partial charge is 0.398 e. The number of benzene rings is 1. The Labute approximate surface area is 120 Å². The molecule has 4 heteroatoms. The van der Waals surface area contributed by atoms with Crippen LogP contribution in [0.1, 0.15) is 18.5 Å². The molecule has 0 saturated carbocycles. The van der Waals surface area contributed by atoms with Gasteiger partial charge in [-0.25, -0.2) is 0 Å². The predicted molar refractivity (Wildman–Crippen MR) is 85.0 cm³/mol. The molecule has 1 atom stereocenters. The summed E-state index contributed by atoms with van der Waals surface area (Å²) in [5.74, 6) is 0. The summed E-state index contributed by atoms with van der Waals surface area (Å²) in [5.41, 5.74) is 9.03. The minimum Gasteiger partial charge on any atom is -0.398 e. The zero-order chi connectivity index (χ0) is 14.1. The molecule has 1 aliphatic heterocycles. The van der Waals surface area contributed by atoms with Crippen LogP contribution in [0.5, 0.6) is 0 Å². The molecule has 0 radical (unpaired) electrons. The molecular weight excluding hydrogens is 248 g/mol. The van der Waals surface area contributed by atoms with E-state index >= 15 is 0 Å². The molecule has 0 aliphatic carbocycles. The summed E-state index contributed by atoms with van der Waals surface area (Å²) in [4.78, 5) is 6.73. The van der Waals surface area contributed by atoms with Crippen LogP contribution in [0, 0.1) is 6.92 Å². The van der Waals surface area contributed by atoms with Crippen LogP contribution >= 0.6 is 0 Å². The van der Waals surface area contributed by atoms with Gasteiger partial charge in [0.25, 0.3) is 0 Å². The predicted octanol–water partition coefficient (Wildman–Crippen LogP) is 2.63. The van der Waals surface area contributed by atoms with Gasteiger partial charge in [0.15, 0.2) is 0 Å². The number of aryl methyl sites for hydroxylation is 1. The molecular formula is C16H22N4. The molecule has 1 unspecified atom stereocenters. The molecule has 1 aromatic heterocycles. The number of hydrogen-bond donors (Lipinski definition) is 2. The van der Waals surface area contributed by atoms with E-state index in [1.165, 1.54) is 30.5 Å². The van der Waals surface area contributed by atoms with E-state index in [9.17, 15) is 0 Å². The zero-order valence-electron chi connectivity index (χ0n) is 12.2. The topological polar surface area (TPSA) is 54.2 Å². The van der Waals surface area contributed by atoms with Crippen LogP contribution in [0.4, 0.5) is 11.4 Å². The molecule has 3 N–H and O–H groups in total. The van der Waals surface area contributed by atoms with E-state index in [1.807, 2.05) is 19.2 Å². The number of aromatic nitrogens is 1. The van der Waals surface area contributed by atoms with E-state index < -0.39 is 0 Å². The molecule has 2 heterocycles. The van der Waals surface area contributed by atoms with Crippen molar-refractivity contribution in [2.75, 3.05) is 31.2 Å². The summed E-state index contributed by atoms with van der Waals surface area (Å²) in [5, 5.41) is 5.89. The molecule has 20 heavy (non-hydrogen) atoms. The molecule has 1 fully saturated rings. The van der Waals surface area contributed by atoms with E-state index in [2.05, 4.69) is 34.4 Å². The van der Waals surface area contributed by atoms with Crippen molar-refractivity contribution in [3.8, 4) is 0 Å². The number of nitrogens with two attached hydrogens (primary N) is 1. The summed E-state index contributed by atoms with van der Waals surface area (Å²) in [6, 6.07) is 6.68. The van der Waals surface area contributed by atoms with E-state index in [0.29, 0.717) is 6.04 Å². The molecule has 0 bridgehead atoms. The van der Waals surface area contributed by atoms with E-state index in [4.69, 9.17) is 5.73 Å². The highest BCUT2D eigenvalue weighted by Gasteiger charge is 2.17. The molecule has 4 nitrogen and oxygen atoms in total. The van der Waals surface area contributed by atoms with Gasteiger partial charge in [-0.2, -0.15) is 0 Å². The van der Waals surface area contributed by atoms with Gasteiger partial charge in [-0.05, 0) is 51.6 Å². The average Bonchev–Trinajstić information content (AvgIpc) is 2.42. The van der Waals surface area contributed by atoms with Crippen LogP contribution in [-0.4, -0.2) is 36.1 Å². The second kappa shape index (κ2) is 5.29. The third kappa shape index (κ3) is 2.56. The number of nitrogen functional groups attached to an aromatic ring is 1. The van der Waals surface area contributed by atoms with Crippen molar-refractivity contribution in [1.82, 2.24) is 9.88 Å². The van der Waals surface area contributed by atoms with Crippen LogP contribution in [0.15, 0.2) is 24.4 Å². The molecule has 1 aromatic carbocycles. The van der Waals surface area contributed by atoms with Gasteiger partial charge in [0.05, 0.1) is 0 Å². The van der Waals surface area contributed by atoms with Gasteiger partial charge < -0.3 is 16.0 Å². The van der Waals surface area contributed by atoms with E-state index in [-0.39, 0.29) is 0 Å². The normalized spacial score (nSPS) is 20.2. The van der Waals surface area contributed by atoms with Crippen molar-refractivity contribution in [2.24, 2.45) is 0 Å². The first-order chi connectivity index (χ1) is 9.63. The first-order valence-electron chi connectivity index (χ1n) is 7.23. The fraction of sp³-hybridized carbons (Fsp3) is 0.438. The first kappa shape index (κ1) is 13.2. The Morgan fingerprint density at radius 3 is 3.00 bits per heavy atom. The molecule has 1 aliphatic rings. The summed E-state index contributed by atoms with van der Waals surface area (Å²) in [6.45, 7) is 4.31. The summed E-state index contributed by atoms with van der Waals surface area (Å²) in [6.07, 6.45) is 4.35. The highest BCUT2D eigenvalue weighted by molar-refractivity contribution is 6.00. The van der Waals surface area contributed by atoms with Crippen LogP contribution in [0.25, 0.3) is 10.8 Å². The van der Waals surface area contributed by atoms with E-state index in [0.717, 1.165) is 23.3 Å². The smallest absolute Gasteiger partial charge is 0.0425 e. The van der Waals surface area contributed by atoms with Crippen LogP contribution in [0.2, 0.25) is 0 Å². The van der Waals surface area contributed by atoms with Gasteiger partial charge in [0.1, 0.15) is 0 Å². The summed E-state index contributed by atoms with van der Waals surface area (Å²) in [7, 11) is 2.18. The van der Waals surface area contributed by atoms with E-state index in [1.54, 1.807) is 0 Å². The van der Waals surface area contributed by atoms with Crippen molar-refractivity contribution < 1.29 is 0 Å². The van der Waals surface area contributed by atoms with Gasteiger partial charge in [-0.1, -0.05) is 0 Å². The van der Waals surface area contributed by atoms with Crippen molar-refractivity contribution in [2.45, 2.75) is 25.8 Å². The highest BCUT2D eigenvalue weighted by Crippen LogP contribution is 2.29. The number of pyridine rings is 1. The summed E-state index contributed by atoms with van der Waals surface area (Å²) >= 11 is 0. The maximum atomic E-state index is 6.05. The minimum absolute atomic E-state index is 0.508. The molecule has 2 aromatic rings. The first-order valence-corrected chi connectivity index (χ1v) is 7.23. The minimum atomic E-state index is 0.508. The highest BCUT2D eigenvalue weighted by atomic mass is 15.1. The number of nitrogens with one attached hydrogen (secondary N) is 1. The number of fused-ring (bicyclic) bond motifs is 1. The zero-order valence-corrected chi connectivity index (χ0v) is 12.2. The maximum absolute atomic E-state index is 6.05. The number of likely N-dealkylation sites (N-methyl/N-ethyl adjacent to an activating group) is 1. The molecule has 3 rings (SSSR count). The number of anilines is 2. The molecule has 0 amide bonds. The molecule has 106 valence electrons. The van der Waals surface area contributed by atoms with Crippen molar-refractivity contribution in [3.05, 3.63) is 30.1 Å². The number of likely N-dealkylation sites (tertiary alicyclic amines) is 1. The standard InChI is InChI=1S/C16H22N4/c1-11-8-13-14(9-18-11)15(17)5-6-16(13)19-12-4-3-7-20(2)10-12/h5-6,8-9,12,19H,3-4,7,10,17H2,1-2H3. The second-order valence-corrected chi connectivity index (χ2v) is 5.82. The Morgan fingerprint density at radius 2 is 2.20 bits per heavy atom. The summed E-state index contributed by atoms with van der Waals surface area (Å²) < 4.78 is 0. The van der Waals surface area contributed by atoms with Crippen LogP contribution in [-0.2, 0) is 0 Å². The number of hydrogen-bond acceptors (Lipinski definition) is 4. The van der Waals surface area contributed by atoms with Crippen molar-refractivity contribution >= 4 is 22.1 Å². The van der Waals surface area contributed by atoms with Gasteiger partial charge in [-0.3, -0.25) is 4.98 Å². The lowest BCUT2D eigenvalue weighted by Gasteiger charge is -2.31. The Morgan fingerprint density at radius 1 is 1.35 bits per heavy atom. The third-order valence-corrected chi connectivity index (χ3v) is 4.06. The number of piperidine rings is 1. The lowest BCUT2D eigenvalue weighted by molar-refractivity contribution is 0.261. The lowest BCUT2D eigenvalue weighted by atomic mass is 10.0. The van der Waals surface area contributed by atoms with Crippen LogP contribution < -0.4 is 11.1 Å². The van der Waals surface area contributed by atoms with Crippen LogP contribution in [0.3, 0.4) is 0 Å². The Hall–Kier alpha value is -1.81. The Bertz CT molecular complexity index is 623. The number of rotatable bonds is 2. The van der Waals surface area contributed by atoms with Gasteiger partial charge in [0, 0.05) is 46.6 Å². The average molecular weight is 270 g/mol. The Kier molecular flexibility index (Phi) is 3.49. The van der Waals surface area contributed by atoms with Gasteiger partial charge in [-0.15, -0.1) is 0 Å². The second-order valence-electron chi connectivity index (χ2n) is 5.82. The van der Waals surface area contributed by atoms with Crippen molar-refractivity contribution in [1.29, 1.82) is 0 Å². The maximum Gasteiger partial charge on any atom is 0.0425 e. The Balaban J connectivity index is 1.95. The van der Waals surface area contributed by atoms with Gasteiger partial charge >= 0.3 is 0 Å². The molecule has 0 spiro atoms. The fourth-order valence-corrected chi connectivity index (χ4v) is 3.00. The third-order valence-electron chi connectivity index (χ3n) is 4.06. The monoisotopic (exact) mass is 270 g/mol. The number of nitrogens with zero attached hydrogens (tertiary/aromatic N) is 2. The molecule has 1 saturated heterocycles. The lowest BCUT2D eigenvalue weighted by Crippen LogP contribution is -2.39. The van der Waals surface area contributed by atoms with Gasteiger partial charge in [0.2, 0.25) is 0 Å².